The van der Waals surface area contributed by atoms with Crippen LogP contribution in [0, 0.1) is 5.82 Å². The lowest BCUT2D eigenvalue weighted by Crippen LogP contribution is -2.08. The number of carbonyl (C=O) groups is 3. The van der Waals surface area contributed by atoms with Gasteiger partial charge in [-0.1, -0.05) is 36.4 Å². The average Bonchev–Trinajstić information content (AvgIpc) is 2.95. The minimum atomic E-state index is -0.609. The zero-order valence-electron chi connectivity index (χ0n) is 14.5. The minimum absolute atomic E-state index is 0.109. The van der Waals surface area contributed by atoms with Gasteiger partial charge in [-0.25, -0.2) is 9.18 Å². The number of benzene rings is 3. The molecule has 0 radical (unpaired) electrons. The summed E-state index contributed by atoms with van der Waals surface area (Å²) in [5, 5.41) is 0. The van der Waals surface area contributed by atoms with Gasteiger partial charge in [0.25, 0.3) is 0 Å². The molecule has 1 aliphatic rings. The van der Waals surface area contributed by atoms with E-state index in [0.717, 1.165) is 0 Å². The second-order valence-corrected chi connectivity index (χ2v) is 6.23. The lowest BCUT2D eigenvalue weighted by Gasteiger charge is -2.05. The molecule has 4 nitrogen and oxygen atoms in total. The molecule has 0 amide bonds. The molecular weight excluding hydrogens is 359 g/mol. The van der Waals surface area contributed by atoms with Gasteiger partial charge in [0.2, 0.25) is 0 Å². The van der Waals surface area contributed by atoms with E-state index in [1.165, 1.54) is 30.3 Å². The maximum Gasteiger partial charge on any atom is 0.343 e. The molecular formula is C23H13FO4. The number of ether oxygens (including phenoxy) is 1. The Kier molecular flexibility index (Phi) is 4.41. The van der Waals surface area contributed by atoms with Crippen molar-refractivity contribution >= 4 is 23.6 Å². The van der Waals surface area contributed by atoms with Crippen LogP contribution in [0.25, 0.3) is 6.08 Å². The third-order valence-corrected chi connectivity index (χ3v) is 4.39. The van der Waals surface area contributed by atoms with Crippen molar-refractivity contribution in [1.29, 1.82) is 0 Å². The molecule has 0 fully saturated rings. The number of halogens is 1. The van der Waals surface area contributed by atoms with Crippen molar-refractivity contribution in [2.24, 2.45) is 0 Å². The second-order valence-electron chi connectivity index (χ2n) is 6.23. The Morgan fingerprint density at radius 3 is 1.93 bits per heavy atom. The van der Waals surface area contributed by atoms with E-state index in [1.54, 1.807) is 48.5 Å². The lowest BCUT2D eigenvalue weighted by atomic mass is 10.1. The highest BCUT2D eigenvalue weighted by atomic mass is 19.1. The molecule has 0 spiro atoms. The van der Waals surface area contributed by atoms with Crippen molar-refractivity contribution in [2.75, 3.05) is 0 Å². The lowest BCUT2D eigenvalue weighted by molar-refractivity contribution is 0.0734. The van der Waals surface area contributed by atoms with Gasteiger partial charge in [-0.2, -0.15) is 0 Å². The number of allylic oxidation sites excluding steroid dienone is 1. The average molecular weight is 372 g/mol. The molecule has 0 aromatic heterocycles. The van der Waals surface area contributed by atoms with Gasteiger partial charge < -0.3 is 4.74 Å². The minimum Gasteiger partial charge on any atom is -0.423 e. The third kappa shape index (κ3) is 3.25. The zero-order valence-corrected chi connectivity index (χ0v) is 14.5. The molecule has 0 heterocycles. The van der Waals surface area contributed by atoms with Crippen LogP contribution in [-0.4, -0.2) is 17.5 Å². The molecule has 136 valence electrons. The van der Waals surface area contributed by atoms with E-state index < -0.39 is 11.8 Å². The molecule has 4 rings (SSSR count). The predicted molar refractivity (Wildman–Crippen MR) is 101 cm³/mol. The number of esters is 1. The van der Waals surface area contributed by atoms with Crippen LogP contribution in [0.5, 0.6) is 5.75 Å². The van der Waals surface area contributed by atoms with Gasteiger partial charge in [-0.05, 0) is 48.0 Å². The fourth-order valence-electron chi connectivity index (χ4n) is 2.95. The normalized spacial score (nSPS) is 12.7. The smallest absolute Gasteiger partial charge is 0.343 e. The number of rotatable bonds is 3. The Bertz CT molecular complexity index is 1090. The van der Waals surface area contributed by atoms with Crippen LogP contribution < -0.4 is 4.74 Å². The third-order valence-electron chi connectivity index (χ3n) is 4.39. The monoisotopic (exact) mass is 372 g/mol. The van der Waals surface area contributed by atoms with Crippen LogP contribution in [0.3, 0.4) is 0 Å². The molecule has 0 saturated carbocycles. The quantitative estimate of drug-likeness (QED) is 0.294. The fourth-order valence-corrected chi connectivity index (χ4v) is 2.95. The molecule has 0 bridgehead atoms. The van der Waals surface area contributed by atoms with E-state index in [1.807, 2.05) is 0 Å². The number of ketones is 2. The first kappa shape index (κ1) is 17.5. The van der Waals surface area contributed by atoms with E-state index in [9.17, 15) is 18.8 Å². The van der Waals surface area contributed by atoms with E-state index >= 15 is 0 Å². The number of hydrogen-bond acceptors (Lipinski definition) is 4. The summed E-state index contributed by atoms with van der Waals surface area (Å²) in [4.78, 5) is 36.9. The molecule has 0 unspecified atom stereocenters. The van der Waals surface area contributed by atoms with Crippen molar-refractivity contribution in [3.8, 4) is 5.75 Å². The fraction of sp³-hybridized carbons (Fsp3) is 0. The van der Waals surface area contributed by atoms with Gasteiger partial charge >= 0.3 is 5.97 Å². The van der Waals surface area contributed by atoms with E-state index in [2.05, 4.69) is 0 Å². The number of hydrogen-bond donors (Lipinski definition) is 0. The predicted octanol–water partition coefficient (Wildman–Crippen LogP) is 4.51. The summed E-state index contributed by atoms with van der Waals surface area (Å²) >= 11 is 0. The Labute approximate surface area is 159 Å². The summed E-state index contributed by atoms with van der Waals surface area (Å²) < 4.78 is 18.2. The Hall–Kier alpha value is -3.86. The van der Waals surface area contributed by atoms with Gasteiger partial charge in [0.1, 0.15) is 11.6 Å². The highest BCUT2D eigenvalue weighted by Gasteiger charge is 2.32. The summed E-state index contributed by atoms with van der Waals surface area (Å²) in [6.07, 6.45) is 1.52. The standard InChI is InChI=1S/C23H13FO4/c24-16-9-7-15(8-10-16)23(27)28-17-11-5-14(6-12-17)13-20-21(25)18-3-1-2-4-19(18)22(20)26/h1-13H. The Morgan fingerprint density at radius 1 is 0.786 bits per heavy atom. The summed E-state index contributed by atoms with van der Waals surface area (Å²) in [6.45, 7) is 0. The topological polar surface area (TPSA) is 60.4 Å². The van der Waals surface area contributed by atoms with E-state index in [-0.39, 0.29) is 22.7 Å². The second kappa shape index (κ2) is 7.04. The molecule has 28 heavy (non-hydrogen) atoms. The highest BCUT2D eigenvalue weighted by Crippen LogP contribution is 2.28. The van der Waals surface area contributed by atoms with Crippen LogP contribution in [0.2, 0.25) is 0 Å². The SMILES string of the molecule is O=C(Oc1ccc(C=C2C(=O)c3ccccc3C2=O)cc1)c1ccc(F)cc1. The van der Waals surface area contributed by atoms with Crippen molar-refractivity contribution < 1.29 is 23.5 Å². The molecule has 0 saturated heterocycles. The largest absolute Gasteiger partial charge is 0.423 e. The van der Waals surface area contributed by atoms with Crippen molar-refractivity contribution in [2.45, 2.75) is 0 Å². The molecule has 3 aromatic carbocycles. The molecule has 1 aliphatic carbocycles. The molecule has 0 atom stereocenters. The molecule has 0 N–H and O–H groups in total. The van der Waals surface area contributed by atoms with Gasteiger partial charge in [-0.15, -0.1) is 0 Å². The zero-order chi connectivity index (χ0) is 19.7. The first-order valence-electron chi connectivity index (χ1n) is 8.51. The van der Waals surface area contributed by atoms with Crippen molar-refractivity contribution in [3.05, 3.63) is 106 Å². The van der Waals surface area contributed by atoms with E-state index in [4.69, 9.17) is 4.74 Å². The van der Waals surface area contributed by atoms with Gasteiger partial charge in [0, 0.05) is 11.1 Å². The summed E-state index contributed by atoms with van der Waals surface area (Å²) in [7, 11) is 0. The number of Topliss-reactive ketones (excluding diaryl/α,β-unsaturated/α-hetero) is 2. The Balaban J connectivity index is 1.52. The number of carbonyl (C=O) groups excluding carboxylic acids is 3. The van der Waals surface area contributed by atoms with Crippen molar-refractivity contribution in [1.82, 2.24) is 0 Å². The van der Waals surface area contributed by atoms with Gasteiger partial charge in [0.15, 0.2) is 11.6 Å². The van der Waals surface area contributed by atoms with Crippen LogP contribution in [0.1, 0.15) is 36.6 Å². The highest BCUT2D eigenvalue weighted by molar-refractivity contribution is 6.41. The van der Waals surface area contributed by atoms with Crippen LogP contribution in [0.4, 0.5) is 4.39 Å². The van der Waals surface area contributed by atoms with Gasteiger partial charge in [0.05, 0.1) is 11.1 Å². The molecule has 0 aliphatic heterocycles. The van der Waals surface area contributed by atoms with Gasteiger partial charge in [-0.3, -0.25) is 9.59 Å². The summed E-state index contributed by atoms with van der Waals surface area (Å²) in [6, 6.07) is 18.1. The first-order valence-corrected chi connectivity index (χ1v) is 8.51. The maximum absolute atomic E-state index is 12.9. The summed E-state index contributed by atoms with van der Waals surface area (Å²) in [5.41, 5.74) is 1.78. The Morgan fingerprint density at radius 2 is 1.36 bits per heavy atom. The first-order chi connectivity index (χ1) is 13.5. The van der Waals surface area contributed by atoms with Crippen LogP contribution in [-0.2, 0) is 0 Å². The van der Waals surface area contributed by atoms with Crippen LogP contribution >= 0.6 is 0 Å². The van der Waals surface area contributed by atoms with Crippen molar-refractivity contribution in [3.63, 3.8) is 0 Å². The molecule has 3 aromatic rings. The number of fused-ring (bicyclic) bond motifs is 1. The molecule has 5 heteroatoms. The summed E-state index contributed by atoms with van der Waals surface area (Å²) in [5.74, 6) is -1.35. The van der Waals surface area contributed by atoms with Crippen LogP contribution in [0.15, 0.2) is 78.4 Å². The maximum atomic E-state index is 12.9. The van der Waals surface area contributed by atoms with E-state index in [0.29, 0.717) is 22.4 Å².